The number of aliphatic hydroxyl groups excluding tert-OH is 1. The molecule has 1 aliphatic heterocycles. The quantitative estimate of drug-likeness (QED) is 0.820. The van der Waals surface area contributed by atoms with Crippen molar-refractivity contribution >= 4 is 34.8 Å². The fourth-order valence-electron chi connectivity index (χ4n) is 3.54. The summed E-state index contributed by atoms with van der Waals surface area (Å²) < 4.78 is 0. The van der Waals surface area contributed by atoms with Crippen molar-refractivity contribution in [2.45, 2.75) is 30.9 Å². The van der Waals surface area contributed by atoms with Gasteiger partial charge < -0.3 is 15.3 Å². The van der Waals surface area contributed by atoms with E-state index in [1.54, 1.807) is 12.1 Å². The van der Waals surface area contributed by atoms with Crippen molar-refractivity contribution in [2.24, 2.45) is 0 Å². The van der Waals surface area contributed by atoms with Gasteiger partial charge in [-0.15, -0.1) is 0 Å². The first-order valence-corrected chi connectivity index (χ1v) is 9.49. The summed E-state index contributed by atoms with van der Waals surface area (Å²) in [4.78, 5) is 15.1. The van der Waals surface area contributed by atoms with Crippen molar-refractivity contribution in [1.29, 1.82) is 0 Å². The number of hydrogen-bond acceptors (Lipinski definition) is 3. The van der Waals surface area contributed by atoms with E-state index in [9.17, 15) is 4.79 Å². The van der Waals surface area contributed by atoms with Crippen LogP contribution in [-0.4, -0.2) is 30.1 Å². The molecular formula is C20H20Cl2N2O2. The number of hydrogen-bond donors (Lipinski definition) is 2. The van der Waals surface area contributed by atoms with Crippen LogP contribution in [0.2, 0.25) is 10.0 Å². The maximum atomic E-state index is 12.8. The molecule has 136 valence electrons. The molecule has 1 aliphatic carbocycles. The topological polar surface area (TPSA) is 52.6 Å². The van der Waals surface area contributed by atoms with Crippen molar-refractivity contribution in [2.75, 3.05) is 18.0 Å². The summed E-state index contributed by atoms with van der Waals surface area (Å²) in [6.07, 6.45) is 1.64. The summed E-state index contributed by atoms with van der Waals surface area (Å²) in [6, 6.07) is 13.3. The number of anilines is 1. The molecule has 4 nitrogen and oxygen atoms in total. The minimum Gasteiger partial charge on any atom is -0.392 e. The molecule has 0 radical (unpaired) electrons. The van der Waals surface area contributed by atoms with E-state index >= 15 is 0 Å². The lowest BCUT2D eigenvalue weighted by Gasteiger charge is -2.42. The molecule has 2 aromatic carbocycles. The van der Waals surface area contributed by atoms with Crippen molar-refractivity contribution in [1.82, 2.24) is 5.32 Å². The van der Waals surface area contributed by atoms with Crippen LogP contribution in [0.25, 0.3) is 0 Å². The maximum absolute atomic E-state index is 12.8. The smallest absolute Gasteiger partial charge is 0.231 e. The van der Waals surface area contributed by atoms with E-state index < -0.39 is 5.41 Å². The van der Waals surface area contributed by atoms with E-state index in [0.29, 0.717) is 10.0 Å². The monoisotopic (exact) mass is 390 g/mol. The van der Waals surface area contributed by atoms with Crippen LogP contribution >= 0.6 is 23.2 Å². The Morgan fingerprint density at radius 1 is 1.15 bits per heavy atom. The minimum atomic E-state index is -0.495. The zero-order valence-corrected chi connectivity index (χ0v) is 15.7. The van der Waals surface area contributed by atoms with Gasteiger partial charge in [-0.3, -0.25) is 4.79 Å². The molecule has 0 spiro atoms. The second-order valence-electron chi connectivity index (χ2n) is 7.11. The summed E-state index contributed by atoms with van der Waals surface area (Å²) in [5.41, 5.74) is 2.38. The lowest BCUT2D eigenvalue weighted by Crippen LogP contribution is -2.60. The molecule has 2 aliphatic rings. The van der Waals surface area contributed by atoms with Gasteiger partial charge >= 0.3 is 0 Å². The number of nitrogens with zero attached hydrogens (tertiary/aromatic N) is 1. The van der Waals surface area contributed by atoms with Crippen LogP contribution in [0, 0.1) is 0 Å². The third kappa shape index (κ3) is 3.18. The Morgan fingerprint density at radius 2 is 1.85 bits per heavy atom. The van der Waals surface area contributed by atoms with Crippen LogP contribution in [0.3, 0.4) is 0 Å². The SMILES string of the molecule is O=C(NC1CN(c2ccc(CO)cc2)C1)C1(c2ccc(Cl)cc2Cl)CC1. The van der Waals surface area contributed by atoms with Crippen LogP contribution in [0.1, 0.15) is 24.0 Å². The number of rotatable bonds is 5. The molecule has 0 aromatic heterocycles. The van der Waals surface area contributed by atoms with Crippen LogP contribution in [0.5, 0.6) is 0 Å². The molecule has 1 heterocycles. The van der Waals surface area contributed by atoms with Gasteiger partial charge in [0.05, 0.1) is 18.1 Å². The highest BCUT2D eigenvalue weighted by molar-refractivity contribution is 6.35. The highest BCUT2D eigenvalue weighted by atomic mass is 35.5. The average molecular weight is 391 g/mol. The minimum absolute atomic E-state index is 0.0499. The Hall–Kier alpha value is -1.75. The van der Waals surface area contributed by atoms with E-state index in [1.165, 1.54) is 0 Å². The van der Waals surface area contributed by atoms with Crippen LogP contribution in [0.4, 0.5) is 5.69 Å². The molecule has 2 aromatic rings. The first-order valence-electron chi connectivity index (χ1n) is 8.73. The van der Waals surface area contributed by atoms with Gasteiger partial charge in [0, 0.05) is 28.8 Å². The highest BCUT2D eigenvalue weighted by Gasteiger charge is 2.53. The number of carbonyl (C=O) groups excluding carboxylic acids is 1. The molecule has 1 saturated carbocycles. The number of halogens is 2. The van der Waals surface area contributed by atoms with E-state index in [-0.39, 0.29) is 18.6 Å². The standard InChI is InChI=1S/C20H20Cl2N2O2/c21-14-3-6-17(18(22)9-14)20(7-8-20)19(26)23-15-10-24(11-15)16-4-1-13(12-25)2-5-16/h1-6,9,15,25H,7-8,10-12H2,(H,23,26). The Labute approximate surface area is 162 Å². The second-order valence-corrected chi connectivity index (χ2v) is 7.95. The molecule has 1 amide bonds. The fraction of sp³-hybridized carbons (Fsp3) is 0.350. The molecule has 0 bridgehead atoms. The molecule has 2 fully saturated rings. The first-order chi connectivity index (χ1) is 12.5. The van der Waals surface area contributed by atoms with E-state index in [1.807, 2.05) is 30.3 Å². The van der Waals surface area contributed by atoms with E-state index in [2.05, 4.69) is 10.2 Å². The number of amides is 1. The second kappa shape index (κ2) is 6.76. The van der Waals surface area contributed by atoms with Crippen LogP contribution < -0.4 is 10.2 Å². The van der Waals surface area contributed by atoms with E-state index in [4.69, 9.17) is 28.3 Å². The van der Waals surface area contributed by atoms with Gasteiger partial charge in [0.25, 0.3) is 0 Å². The van der Waals surface area contributed by atoms with Gasteiger partial charge in [0.2, 0.25) is 5.91 Å². The largest absolute Gasteiger partial charge is 0.392 e. The average Bonchev–Trinajstić information content (AvgIpc) is 3.39. The molecule has 0 unspecified atom stereocenters. The van der Waals surface area contributed by atoms with Crippen molar-refractivity contribution in [3.8, 4) is 0 Å². The molecule has 0 atom stereocenters. The summed E-state index contributed by atoms with van der Waals surface area (Å²) >= 11 is 12.3. The summed E-state index contributed by atoms with van der Waals surface area (Å²) in [6.45, 7) is 1.62. The molecule has 4 rings (SSSR count). The number of aliphatic hydroxyl groups is 1. The molecule has 26 heavy (non-hydrogen) atoms. The third-order valence-corrected chi connectivity index (χ3v) is 5.88. The van der Waals surface area contributed by atoms with Crippen LogP contribution in [-0.2, 0) is 16.8 Å². The Bertz CT molecular complexity index is 828. The fourth-order valence-corrected chi connectivity index (χ4v) is 4.13. The van der Waals surface area contributed by atoms with Crippen molar-refractivity contribution in [3.05, 3.63) is 63.6 Å². The number of benzene rings is 2. The lowest BCUT2D eigenvalue weighted by atomic mass is 9.94. The van der Waals surface area contributed by atoms with Gasteiger partial charge in [-0.2, -0.15) is 0 Å². The zero-order chi connectivity index (χ0) is 18.3. The lowest BCUT2D eigenvalue weighted by molar-refractivity contribution is -0.124. The normalized spacial score (nSPS) is 18.3. The Morgan fingerprint density at radius 3 is 2.42 bits per heavy atom. The van der Waals surface area contributed by atoms with Gasteiger partial charge in [-0.1, -0.05) is 41.4 Å². The van der Waals surface area contributed by atoms with Gasteiger partial charge in [-0.05, 0) is 48.2 Å². The zero-order valence-electron chi connectivity index (χ0n) is 14.2. The Kier molecular flexibility index (Phi) is 4.59. The van der Waals surface area contributed by atoms with E-state index in [0.717, 1.165) is 42.7 Å². The van der Waals surface area contributed by atoms with Crippen molar-refractivity contribution in [3.63, 3.8) is 0 Å². The third-order valence-electron chi connectivity index (χ3n) is 5.33. The molecular weight excluding hydrogens is 371 g/mol. The Balaban J connectivity index is 1.37. The van der Waals surface area contributed by atoms with Gasteiger partial charge in [0.1, 0.15) is 0 Å². The van der Waals surface area contributed by atoms with Crippen molar-refractivity contribution < 1.29 is 9.90 Å². The molecule has 2 N–H and O–H groups in total. The maximum Gasteiger partial charge on any atom is 0.231 e. The molecule has 6 heteroatoms. The number of nitrogens with one attached hydrogen (secondary N) is 1. The summed E-state index contributed by atoms with van der Waals surface area (Å²) in [5.74, 6) is 0.0574. The predicted octanol–water partition coefficient (Wildman–Crippen LogP) is 3.52. The molecule has 1 saturated heterocycles. The first kappa shape index (κ1) is 17.7. The van der Waals surface area contributed by atoms with Gasteiger partial charge in [0.15, 0.2) is 0 Å². The predicted molar refractivity (Wildman–Crippen MR) is 104 cm³/mol. The summed E-state index contributed by atoms with van der Waals surface area (Å²) in [5, 5.41) is 13.4. The number of carbonyl (C=O) groups is 1. The van der Waals surface area contributed by atoms with Gasteiger partial charge in [-0.25, -0.2) is 0 Å². The summed E-state index contributed by atoms with van der Waals surface area (Å²) in [7, 11) is 0. The highest BCUT2D eigenvalue weighted by Crippen LogP contribution is 2.51. The van der Waals surface area contributed by atoms with Crippen LogP contribution in [0.15, 0.2) is 42.5 Å².